The Morgan fingerprint density at radius 1 is 1.56 bits per heavy atom. The lowest BCUT2D eigenvalue weighted by Gasteiger charge is -2.03. The molecular formula is C11H14ClN3O. The van der Waals surface area contributed by atoms with Crippen LogP contribution in [0.5, 0.6) is 0 Å². The van der Waals surface area contributed by atoms with Gasteiger partial charge in [-0.1, -0.05) is 22.8 Å². The van der Waals surface area contributed by atoms with Crippen LogP contribution in [0, 0.1) is 0 Å². The maximum atomic E-state index is 8.52. The summed E-state index contributed by atoms with van der Waals surface area (Å²) in [5, 5.41) is 12.0. The molecule has 0 saturated carbocycles. The van der Waals surface area contributed by atoms with E-state index in [4.69, 9.17) is 16.8 Å². The highest BCUT2D eigenvalue weighted by molar-refractivity contribution is 6.31. The second-order valence-electron chi connectivity index (χ2n) is 3.62. The molecule has 0 radical (unpaired) electrons. The first-order valence-corrected chi connectivity index (χ1v) is 5.34. The number of oxime groups is 1. The van der Waals surface area contributed by atoms with Crippen LogP contribution in [0.25, 0.3) is 0 Å². The molecule has 0 unspecified atom stereocenters. The second kappa shape index (κ2) is 6.23. The lowest BCUT2D eigenvalue weighted by atomic mass is 10.1. The van der Waals surface area contributed by atoms with E-state index in [1.165, 1.54) is 6.21 Å². The van der Waals surface area contributed by atoms with Crippen LogP contribution in [0.15, 0.2) is 28.5 Å². The van der Waals surface area contributed by atoms with E-state index in [-0.39, 0.29) is 6.04 Å². The Hall–Kier alpha value is -1.42. The molecule has 0 aromatic carbocycles. The molecule has 86 valence electrons. The average molecular weight is 240 g/mol. The fourth-order valence-corrected chi connectivity index (χ4v) is 1.35. The molecule has 4 nitrogen and oxygen atoms in total. The topological polar surface area (TPSA) is 57.8 Å². The highest BCUT2D eigenvalue weighted by Gasteiger charge is 2.01. The molecule has 1 rings (SSSR count). The van der Waals surface area contributed by atoms with Gasteiger partial charge >= 0.3 is 0 Å². The fraction of sp³-hybridized carbons (Fsp3) is 0.364. The number of pyridine rings is 1. The monoisotopic (exact) mass is 239 g/mol. The van der Waals surface area contributed by atoms with E-state index in [1.807, 2.05) is 19.9 Å². The van der Waals surface area contributed by atoms with Gasteiger partial charge in [-0.05, 0) is 25.5 Å². The molecule has 0 aliphatic rings. The third-order valence-electron chi connectivity index (χ3n) is 1.80. The van der Waals surface area contributed by atoms with E-state index in [9.17, 15) is 0 Å². The molecule has 5 heteroatoms. The van der Waals surface area contributed by atoms with Crippen LogP contribution in [0.3, 0.4) is 0 Å². The van der Waals surface area contributed by atoms with Crippen molar-refractivity contribution in [3.63, 3.8) is 0 Å². The highest BCUT2D eigenvalue weighted by Crippen LogP contribution is 2.06. The van der Waals surface area contributed by atoms with E-state index in [1.54, 1.807) is 12.3 Å². The molecule has 0 spiro atoms. The third-order valence-corrected chi connectivity index (χ3v) is 2.03. The molecule has 1 N–H and O–H groups in total. The molecule has 1 aromatic heterocycles. The highest BCUT2D eigenvalue weighted by atomic mass is 35.5. The molecule has 0 aliphatic carbocycles. The predicted molar refractivity (Wildman–Crippen MR) is 65.8 cm³/mol. The normalized spacial score (nSPS) is 12.6. The number of aromatic nitrogens is 1. The summed E-state index contributed by atoms with van der Waals surface area (Å²) in [6.07, 6.45) is 3.60. The van der Waals surface area contributed by atoms with Crippen LogP contribution >= 0.6 is 11.6 Å². The number of rotatable bonds is 4. The van der Waals surface area contributed by atoms with Crippen LogP contribution in [0.2, 0.25) is 5.15 Å². The Bertz CT molecular complexity index is 385. The molecule has 0 atom stereocenters. The zero-order valence-corrected chi connectivity index (χ0v) is 10.0. The lowest BCUT2D eigenvalue weighted by molar-refractivity contribution is 0.322. The van der Waals surface area contributed by atoms with Crippen molar-refractivity contribution < 1.29 is 5.21 Å². The quantitative estimate of drug-likeness (QED) is 0.380. The van der Waals surface area contributed by atoms with Gasteiger partial charge in [0.2, 0.25) is 0 Å². The van der Waals surface area contributed by atoms with Gasteiger partial charge < -0.3 is 5.21 Å². The minimum atomic E-state index is 0.160. The summed E-state index contributed by atoms with van der Waals surface area (Å²) in [6.45, 7) is 3.93. The van der Waals surface area contributed by atoms with Crippen LogP contribution in [0.4, 0.5) is 0 Å². The van der Waals surface area contributed by atoms with E-state index in [0.29, 0.717) is 17.3 Å². The van der Waals surface area contributed by atoms with Crippen molar-refractivity contribution >= 4 is 23.5 Å². The zero-order chi connectivity index (χ0) is 12.0. The summed E-state index contributed by atoms with van der Waals surface area (Å²) in [7, 11) is 0. The Kier molecular flexibility index (Phi) is 4.92. The molecule has 1 heterocycles. The van der Waals surface area contributed by atoms with Crippen molar-refractivity contribution in [2.24, 2.45) is 10.1 Å². The number of halogens is 1. The van der Waals surface area contributed by atoms with Gasteiger partial charge in [-0.15, -0.1) is 0 Å². The molecule has 0 saturated heterocycles. The summed E-state index contributed by atoms with van der Waals surface area (Å²) in [6, 6.07) is 3.75. The molecule has 0 fully saturated rings. The van der Waals surface area contributed by atoms with E-state index < -0.39 is 0 Å². The molecule has 16 heavy (non-hydrogen) atoms. The largest absolute Gasteiger partial charge is 0.411 e. The average Bonchev–Trinajstić information content (AvgIpc) is 2.21. The lowest BCUT2D eigenvalue weighted by Crippen LogP contribution is -2.08. The van der Waals surface area contributed by atoms with Crippen LogP contribution in [-0.4, -0.2) is 28.2 Å². The smallest absolute Gasteiger partial charge is 0.129 e. The summed E-state index contributed by atoms with van der Waals surface area (Å²) in [5.74, 6) is 0. The van der Waals surface area contributed by atoms with Crippen LogP contribution in [-0.2, 0) is 6.42 Å². The van der Waals surface area contributed by atoms with Crippen LogP contribution < -0.4 is 0 Å². The van der Waals surface area contributed by atoms with Gasteiger partial charge in [0.25, 0.3) is 0 Å². The fourth-order valence-electron chi connectivity index (χ4n) is 1.24. The van der Waals surface area contributed by atoms with Crippen molar-refractivity contribution in [2.45, 2.75) is 26.3 Å². The van der Waals surface area contributed by atoms with Gasteiger partial charge in [0.05, 0.1) is 11.9 Å². The number of aliphatic imine (C=N–C) groups is 1. The van der Waals surface area contributed by atoms with Gasteiger partial charge in [0.1, 0.15) is 5.15 Å². The standard InChI is InChI=1S/C11H14ClN3O/c1-8(2)15-10(7-14-16)5-9-3-4-11(12)13-6-9/h3-4,6-8,16H,5H2,1-2H3. The van der Waals surface area contributed by atoms with Gasteiger partial charge in [-0.3, -0.25) is 4.99 Å². The van der Waals surface area contributed by atoms with Crippen LogP contribution in [0.1, 0.15) is 19.4 Å². The number of nitrogens with zero attached hydrogens (tertiary/aromatic N) is 3. The first-order valence-electron chi connectivity index (χ1n) is 4.96. The van der Waals surface area contributed by atoms with Crippen molar-refractivity contribution in [1.82, 2.24) is 4.98 Å². The first-order chi connectivity index (χ1) is 7.61. The Morgan fingerprint density at radius 2 is 2.31 bits per heavy atom. The maximum Gasteiger partial charge on any atom is 0.129 e. The molecule has 0 amide bonds. The second-order valence-corrected chi connectivity index (χ2v) is 4.01. The molecule has 0 bridgehead atoms. The zero-order valence-electron chi connectivity index (χ0n) is 9.26. The number of hydrogen-bond acceptors (Lipinski definition) is 4. The Labute approximate surface area is 99.7 Å². The van der Waals surface area contributed by atoms with E-state index >= 15 is 0 Å². The molecule has 0 aliphatic heterocycles. The SMILES string of the molecule is CC(C)N=C(C=NO)Cc1ccc(Cl)nc1. The van der Waals surface area contributed by atoms with E-state index in [2.05, 4.69) is 15.1 Å². The summed E-state index contributed by atoms with van der Waals surface area (Å²) < 4.78 is 0. The molecular weight excluding hydrogens is 226 g/mol. The summed E-state index contributed by atoms with van der Waals surface area (Å²) in [5.41, 5.74) is 1.69. The van der Waals surface area contributed by atoms with Gasteiger partial charge in [-0.25, -0.2) is 4.98 Å². The minimum absolute atomic E-state index is 0.160. The van der Waals surface area contributed by atoms with Gasteiger partial charge in [0, 0.05) is 18.7 Å². The molecule has 1 aromatic rings. The van der Waals surface area contributed by atoms with Gasteiger partial charge in [-0.2, -0.15) is 0 Å². The first kappa shape index (κ1) is 12.6. The minimum Gasteiger partial charge on any atom is -0.411 e. The summed E-state index contributed by atoms with van der Waals surface area (Å²) in [4.78, 5) is 8.31. The van der Waals surface area contributed by atoms with Crippen molar-refractivity contribution in [3.05, 3.63) is 29.0 Å². The Morgan fingerprint density at radius 3 is 2.81 bits per heavy atom. The maximum absolute atomic E-state index is 8.52. The number of hydrogen-bond donors (Lipinski definition) is 1. The van der Waals surface area contributed by atoms with Crippen molar-refractivity contribution in [3.8, 4) is 0 Å². The summed E-state index contributed by atoms with van der Waals surface area (Å²) >= 11 is 5.69. The van der Waals surface area contributed by atoms with Crippen molar-refractivity contribution in [2.75, 3.05) is 0 Å². The Balaban J connectivity index is 2.79. The predicted octanol–water partition coefficient (Wildman–Crippen LogP) is 2.59. The van der Waals surface area contributed by atoms with Gasteiger partial charge in [0.15, 0.2) is 0 Å². The van der Waals surface area contributed by atoms with E-state index in [0.717, 1.165) is 5.56 Å². The third kappa shape index (κ3) is 4.40. The van der Waals surface area contributed by atoms with Crippen molar-refractivity contribution in [1.29, 1.82) is 0 Å².